The van der Waals surface area contributed by atoms with E-state index in [9.17, 15) is 0 Å². The molecule has 94 valence electrons. The summed E-state index contributed by atoms with van der Waals surface area (Å²) in [7, 11) is 0. The summed E-state index contributed by atoms with van der Waals surface area (Å²) < 4.78 is 0. The molecule has 0 aromatic carbocycles. The molecule has 0 radical (unpaired) electrons. The monoisotopic (exact) mass is 234 g/mol. The summed E-state index contributed by atoms with van der Waals surface area (Å²) in [6.45, 7) is 9.76. The average molecular weight is 234 g/mol. The van der Waals surface area contributed by atoms with E-state index in [1.165, 1.54) is 0 Å². The van der Waals surface area contributed by atoms with E-state index < -0.39 is 0 Å². The van der Waals surface area contributed by atoms with Crippen molar-refractivity contribution in [1.82, 2.24) is 9.97 Å². The van der Waals surface area contributed by atoms with E-state index in [2.05, 4.69) is 15.0 Å². The maximum absolute atomic E-state index is 5.80. The molecule has 4 nitrogen and oxygen atoms in total. The lowest BCUT2D eigenvalue weighted by Gasteiger charge is -2.04. The molecule has 1 heterocycles. The first-order chi connectivity index (χ1) is 8.19. The predicted molar refractivity (Wildman–Crippen MR) is 75.0 cm³/mol. The van der Waals surface area contributed by atoms with Crippen molar-refractivity contribution < 1.29 is 0 Å². The minimum atomic E-state index is 0.476. The van der Waals surface area contributed by atoms with Gasteiger partial charge in [0.15, 0.2) is 0 Å². The van der Waals surface area contributed by atoms with Crippen molar-refractivity contribution >= 4 is 17.7 Å². The third-order valence-corrected chi connectivity index (χ3v) is 1.90. The molecule has 0 aliphatic rings. The highest BCUT2D eigenvalue weighted by molar-refractivity contribution is 5.77. The van der Waals surface area contributed by atoms with Crippen molar-refractivity contribution in [2.75, 3.05) is 5.73 Å². The van der Waals surface area contributed by atoms with Gasteiger partial charge in [-0.3, -0.25) is 4.99 Å². The lowest BCUT2D eigenvalue weighted by molar-refractivity contribution is 1.05. The van der Waals surface area contributed by atoms with Crippen molar-refractivity contribution in [2.45, 2.75) is 41.0 Å². The SMILES string of the molecule is C/C=C(\N=CCC)c1cnc(C)nc1N.CC. The maximum Gasteiger partial charge on any atom is 0.136 e. The second-order valence-electron chi connectivity index (χ2n) is 3.11. The van der Waals surface area contributed by atoms with E-state index in [0.29, 0.717) is 11.6 Å². The molecule has 0 aliphatic carbocycles. The highest BCUT2D eigenvalue weighted by atomic mass is 14.9. The van der Waals surface area contributed by atoms with Crippen LogP contribution in [0.25, 0.3) is 5.70 Å². The molecule has 1 rings (SSSR count). The Balaban J connectivity index is 0.00000121. The number of anilines is 1. The lowest BCUT2D eigenvalue weighted by atomic mass is 10.2. The van der Waals surface area contributed by atoms with Crippen LogP contribution in [0.1, 0.15) is 45.5 Å². The van der Waals surface area contributed by atoms with Crippen LogP contribution in [0.4, 0.5) is 5.82 Å². The summed E-state index contributed by atoms with van der Waals surface area (Å²) >= 11 is 0. The Morgan fingerprint density at radius 1 is 1.47 bits per heavy atom. The van der Waals surface area contributed by atoms with Crippen molar-refractivity contribution in [1.29, 1.82) is 0 Å². The fraction of sp³-hybridized carbons (Fsp3) is 0.462. The third kappa shape index (κ3) is 4.76. The molecule has 4 heteroatoms. The van der Waals surface area contributed by atoms with Crippen LogP contribution in [-0.2, 0) is 0 Å². The largest absolute Gasteiger partial charge is 0.383 e. The lowest BCUT2D eigenvalue weighted by Crippen LogP contribution is -2.00. The van der Waals surface area contributed by atoms with Crippen LogP contribution in [0.3, 0.4) is 0 Å². The van der Waals surface area contributed by atoms with Crippen LogP contribution in [0.15, 0.2) is 17.3 Å². The Labute approximate surface area is 104 Å². The van der Waals surface area contributed by atoms with E-state index in [1.807, 2.05) is 46.9 Å². The quantitative estimate of drug-likeness (QED) is 0.816. The van der Waals surface area contributed by atoms with Crippen LogP contribution < -0.4 is 5.73 Å². The van der Waals surface area contributed by atoms with Gasteiger partial charge in [0.2, 0.25) is 0 Å². The Morgan fingerprint density at radius 3 is 2.59 bits per heavy atom. The number of hydrogen-bond acceptors (Lipinski definition) is 4. The van der Waals surface area contributed by atoms with Crippen LogP contribution in [0.5, 0.6) is 0 Å². The second-order valence-corrected chi connectivity index (χ2v) is 3.11. The van der Waals surface area contributed by atoms with Crippen molar-refractivity contribution in [3.05, 3.63) is 23.7 Å². The summed E-state index contributed by atoms with van der Waals surface area (Å²) in [4.78, 5) is 12.5. The summed E-state index contributed by atoms with van der Waals surface area (Å²) in [5, 5.41) is 0. The van der Waals surface area contributed by atoms with Gasteiger partial charge in [-0.05, 0) is 20.3 Å². The van der Waals surface area contributed by atoms with E-state index in [-0.39, 0.29) is 0 Å². The second kappa shape index (κ2) is 8.44. The Morgan fingerprint density at radius 2 is 2.12 bits per heavy atom. The number of aliphatic imine (C=N–C) groups is 1. The molecule has 0 bridgehead atoms. The number of allylic oxidation sites excluding steroid dienone is 1. The van der Waals surface area contributed by atoms with Crippen molar-refractivity contribution in [2.24, 2.45) is 4.99 Å². The standard InChI is InChI=1S/C11H16N4.C2H6/c1-4-6-13-10(5-2)9-7-14-8(3)15-11(9)12;1-2/h5-7H,4H2,1-3H3,(H2,12,14,15);1-2H3/b10-5-,13-6?;. The smallest absolute Gasteiger partial charge is 0.136 e. The number of hydrogen-bond donors (Lipinski definition) is 1. The van der Waals surface area contributed by atoms with Gasteiger partial charge in [-0.2, -0.15) is 0 Å². The number of nitrogens with two attached hydrogens (primary N) is 1. The summed E-state index contributed by atoms with van der Waals surface area (Å²) in [5.74, 6) is 1.15. The highest BCUT2D eigenvalue weighted by Gasteiger charge is 2.05. The number of nitrogen functional groups attached to an aromatic ring is 1. The summed E-state index contributed by atoms with van der Waals surface area (Å²) in [6, 6.07) is 0. The number of aromatic nitrogens is 2. The summed E-state index contributed by atoms with van der Waals surface area (Å²) in [5.41, 5.74) is 7.40. The van der Waals surface area contributed by atoms with Gasteiger partial charge in [-0.1, -0.05) is 26.8 Å². The van der Waals surface area contributed by atoms with E-state index in [0.717, 1.165) is 17.7 Å². The zero-order chi connectivity index (χ0) is 13.3. The fourth-order valence-electron chi connectivity index (χ4n) is 1.17. The first-order valence-electron chi connectivity index (χ1n) is 5.97. The first-order valence-corrected chi connectivity index (χ1v) is 5.97. The van der Waals surface area contributed by atoms with Gasteiger partial charge in [-0.25, -0.2) is 9.97 Å². The van der Waals surface area contributed by atoms with Gasteiger partial charge < -0.3 is 5.73 Å². The van der Waals surface area contributed by atoms with E-state index in [4.69, 9.17) is 5.73 Å². The number of aryl methyl sites for hydroxylation is 1. The fourth-order valence-corrected chi connectivity index (χ4v) is 1.17. The Hall–Kier alpha value is -1.71. The topological polar surface area (TPSA) is 64.2 Å². The molecule has 17 heavy (non-hydrogen) atoms. The van der Waals surface area contributed by atoms with Gasteiger partial charge in [0.05, 0.1) is 11.3 Å². The molecule has 0 saturated heterocycles. The molecule has 0 spiro atoms. The van der Waals surface area contributed by atoms with E-state index in [1.54, 1.807) is 6.20 Å². The molecule has 2 N–H and O–H groups in total. The zero-order valence-corrected chi connectivity index (χ0v) is 11.4. The van der Waals surface area contributed by atoms with Gasteiger partial charge >= 0.3 is 0 Å². The molecule has 0 atom stereocenters. The van der Waals surface area contributed by atoms with Crippen LogP contribution >= 0.6 is 0 Å². The molecular weight excluding hydrogens is 212 g/mol. The zero-order valence-electron chi connectivity index (χ0n) is 11.4. The van der Waals surface area contributed by atoms with Crippen molar-refractivity contribution in [3.63, 3.8) is 0 Å². The van der Waals surface area contributed by atoms with E-state index >= 15 is 0 Å². The minimum absolute atomic E-state index is 0.476. The first kappa shape index (κ1) is 15.3. The van der Waals surface area contributed by atoms with Gasteiger partial charge in [0.25, 0.3) is 0 Å². The Bertz CT molecular complexity index is 394. The molecule has 0 aliphatic heterocycles. The van der Waals surface area contributed by atoms with Crippen LogP contribution in [0, 0.1) is 6.92 Å². The molecule has 1 aromatic heterocycles. The van der Waals surface area contributed by atoms with Crippen LogP contribution in [0.2, 0.25) is 0 Å². The molecule has 0 fully saturated rings. The number of nitrogens with zero attached hydrogens (tertiary/aromatic N) is 3. The molecule has 1 aromatic rings. The molecular formula is C13H22N4. The van der Waals surface area contributed by atoms with Gasteiger partial charge in [0.1, 0.15) is 11.6 Å². The van der Waals surface area contributed by atoms with Gasteiger partial charge in [-0.15, -0.1) is 0 Å². The van der Waals surface area contributed by atoms with Gasteiger partial charge in [0, 0.05) is 12.4 Å². The van der Waals surface area contributed by atoms with Crippen LogP contribution in [-0.4, -0.2) is 16.2 Å². The molecule has 0 amide bonds. The molecule has 0 saturated carbocycles. The Kier molecular flexibility index (Phi) is 7.59. The summed E-state index contributed by atoms with van der Waals surface area (Å²) in [6.07, 6.45) is 6.34. The highest BCUT2D eigenvalue weighted by Crippen LogP contribution is 2.19. The number of rotatable bonds is 3. The maximum atomic E-state index is 5.80. The van der Waals surface area contributed by atoms with Crippen molar-refractivity contribution in [3.8, 4) is 0 Å². The molecule has 0 unspecified atom stereocenters. The normalized spacial score (nSPS) is 11.2. The predicted octanol–water partition coefficient (Wildman–Crippen LogP) is 3.24. The third-order valence-electron chi connectivity index (χ3n) is 1.90. The average Bonchev–Trinajstić information content (AvgIpc) is 2.34. The minimum Gasteiger partial charge on any atom is -0.383 e.